The maximum Gasteiger partial charge on any atom is 0.0813 e. The molecule has 1 aliphatic carbocycles. The maximum absolute atomic E-state index is 6.04. The number of ether oxygens (including phenoxy) is 1. The normalized spacial score (nSPS) is 27.3. The van der Waals surface area contributed by atoms with Crippen molar-refractivity contribution in [2.45, 2.75) is 31.4 Å². The van der Waals surface area contributed by atoms with Crippen LogP contribution in [0.1, 0.15) is 40.8 Å². The Bertz CT molecular complexity index is 330. The van der Waals surface area contributed by atoms with E-state index in [4.69, 9.17) is 10.5 Å². The topological polar surface area (TPSA) is 35.2 Å². The molecule has 2 N–H and O–H groups in total. The van der Waals surface area contributed by atoms with Gasteiger partial charge in [-0.15, -0.1) is 11.3 Å². The quantitative estimate of drug-likeness (QED) is 0.745. The van der Waals surface area contributed by atoms with Crippen molar-refractivity contribution < 1.29 is 4.74 Å². The molecule has 1 aromatic heterocycles. The molecular formula is C10H13NOS. The summed E-state index contributed by atoms with van der Waals surface area (Å²) in [7, 11) is 0. The zero-order chi connectivity index (χ0) is 8.84. The number of rotatable bonds is 1. The first-order valence-electron chi connectivity index (χ1n) is 4.79. The molecule has 1 aliphatic heterocycles. The summed E-state index contributed by atoms with van der Waals surface area (Å²) in [4.78, 5) is 1.36. The Morgan fingerprint density at radius 1 is 1.46 bits per heavy atom. The third kappa shape index (κ3) is 1.23. The Morgan fingerprint density at radius 3 is 3.08 bits per heavy atom. The molecule has 3 heteroatoms. The lowest BCUT2D eigenvalue weighted by molar-refractivity contribution is 0.0949. The summed E-state index contributed by atoms with van der Waals surface area (Å²) in [6.07, 6.45) is 2.72. The number of thiophene rings is 1. The second-order valence-corrected chi connectivity index (χ2v) is 4.89. The number of nitrogens with two attached hydrogens (primary N) is 1. The van der Waals surface area contributed by atoms with E-state index in [9.17, 15) is 0 Å². The first-order chi connectivity index (χ1) is 6.36. The van der Waals surface area contributed by atoms with Gasteiger partial charge >= 0.3 is 0 Å². The van der Waals surface area contributed by atoms with Gasteiger partial charge in [0.1, 0.15) is 0 Å². The molecule has 0 radical (unpaired) electrons. The summed E-state index contributed by atoms with van der Waals surface area (Å²) in [6.45, 7) is 1.48. The molecule has 13 heavy (non-hydrogen) atoms. The largest absolute Gasteiger partial charge is 0.374 e. The summed E-state index contributed by atoms with van der Waals surface area (Å²) in [5, 5.41) is 2.29. The highest BCUT2D eigenvalue weighted by molar-refractivity contribution is 7.10. The standard InChI is InChI=1S/C10H13NOS/c11-8-3-12-4-9-10(8)7(5-13-9)6-1-2-6/h5-6,8H,1-4,11H2. The van der Waals surface area contributed by atoms with Gasteiger partial charge in [0, 0.05) is 4.88 Å². The van der Waals surface area contributed by atoms with E-state index in [1.54, 1.807) is 0 Å². The van der Waals surface area contributed by atoms with Crippen LogP contribution in [0.5, 0.6) is 0 Å². The van der Waals surface area contributed by atoms with Crippen LogP contribution in [0.15, 0.2) is 5.38 Å². The van der Waals surface area contributed by atoms with Gasteiger partial charge in [-0.25, -0.2) is 0 Å². The highest BCUT2D eigenvalue weighted by Crippen LogP contribution is 2.46. The predicted molar refractivity (Wildman–Crippen MR) is 52.9 cm³/mol. The van der Waals surface area contributed by atoms with E-state index in [-0.39, 0.29) is 6.04 Å². The molecule has 1 fully saturated rings. The monoisotopic (exact) mass is 195 g/mol. The molecular weight excluding hydrogens is 182 g/mol. The van der Waals surface area contributed by atoms with E-state index < -0.39 is 0 Å². The first-order valence-corrected chi connectivity index (χ1v) is 5.67. The van der Waals surface area contributed by atoms with E-state index >= 15 is 0 Å². The molecule has 2 heterocycles. The van der Waals surface area contributed by atoms with E-state index in [0.29, 0.717) is 6.61 Å². The van der Waals surface area contributed by atoms with Crippen molar-refractivity contribution in [1.29, 1.82) is 0 Å². The van der Waals surface area contributed by atoms with Crippen LogP contribution < -0.4 is 5.73 Å². The summed E-state index contributed by atoms with van der Waals surface area (Å²) in [5.41, 5.74) is 8.98. The fraction of sp³-hybridized carbons (Fsp3) is 0.600. The van der Waals surface area contributed by atoms with Gasteiger partial charge in [0.05, 0.1) is 19.3 Å². The Kier molecular flexibility index (Phi) is 1.72. The molecule has 2 aliphatic rings. The van der Waals surface area contributed by atoms with E-state index in [0.717, 1.165) is 12.5 Å². The van der Waals surface area contributed by atoms with Crippen molar-refractivity contribution in [3.8, 4) is 0 Å². The molecule has 2 nitrogen and oxygen atoms in total. The molecule has 0 spiro atoms. The molecule has 0 bridgehead atoms. The summed E-state index contributed by atoms with van der Waals surface area (Å²) in [6, 6.07) is 0.130. The van der Waals surface area contributed by atoms with Gasteiger partial charge in [-0.1, -0.05) is 0 Å². The highest BCUT2D eigenvalue weighted by atomic mass is 32.1. The van der Waals surface area contributed by atoms with Gasteiger partial charge in [-0.2, -0.15) is 0 Å². The van der Waals surface area contributed by atoms with Gasteiger partial charge in [0.25, 0.3) is 0 Å². The van der Waals surface area contributed by atoms with Gasteiger partial charge in [-0.3, -0.25) is 0 Å². The summed E-state index contributed by atoms with van der Waals surface area (Å²) < 4.78 is 5.41. The maximum atomic E-state index is 6.04. The lowest BCUT2D eigenvalue weighted by atomic mass is 9.99. The van der Waals surface area contributed by atoms with Crippen molar-refractivity contribution in [3.63, 3.8) is 0 Å². The van der Waals surface area contributed by atoms with E-state index in [1.807, 2.05) is 11.3 Å². The van der Waals surface area contributed by atoms with Gasteiger partial charge in [0.2, 0.25) is 0 Å². The Hall–Kier alpha value is -0.380. The van der Waals surface area contributed by atoms with Crippen LogP contribution in [0.3, 0.4) is 0 Å². The zero-order valence-electron chi connectivity index (χ0n) is 7.45. The van der Waals surface area contributed by atoms with Crippen LogP contribution in [0.2, 0.25) is 0 Å². The minimum absolute atomic E-state index is 0.130. The second kappa shape index (κ2) is 2.80. The summed E-state index contributed by atoms with van der Waals surface area (Å²) in [5.74, 6) is 0.823. The SMILES string of the molecule is NC1COCc2scc(C3CC3)c21. The fourth-order valence-corrected chi connectivity index (χ4v) is 3.16. The van der Waals surface area contributed by atoms with E-state index in [2.05, 4.69) is 5.38 Å². The molecule has 3 rings (SSSR count). The lowest BCUT2D eigenvalue weighted by Gasteiger charge is -2.20. The Morgan fingerprint density at radius 2 is 2.31 bits per heavy atom. The highest BCUT2D eigenvalue weighted by Gasteiger charge is 2.31. The molecule has 1 unspecified atom stereocenters. The first kappa shape index (κ1) is 7.97. The smallest absolute Gasteiger partial charge is 0.0813 e. The third-order valence-electron chi connectivity index (χ3n) is 2.86. The molecule has 1 aromatic rings. The van der Waals surface area contributed by atoms with Crippen LogP contribution in [0.25, 0.3) is 0 Å². The Labute approximate surface area is 81.7 Å². The van der Waals surface area contributed by atoms with Crippen molar-refractivity contribution in [2.24, 2.45) is 5.73 Å². The molecule has 1 saturated carbocycles. The fourth-order valence-electron chi connectivity index (χ4n) is 2.03. The van der Waals surface area contributed by atoms with Gasteiger partial charge in [0.15, 0.2) is 0 Å². The van der Waals surface area contributed by atoms with Crippen LogP contribution >= 0.6 is 11.3 Å². The van der Waals surface area contributed by atoms with Gasteiger partial charge < -0.3 is 10.5 Å². The minimum Gasteiger partial charge on any atom is -0.374 e. The second-order valence-electron chi connectivity index (χ2n) is 3.92. The number of hydrogen-bond acceptors (Lipinski definition) is 3. The van der Waals surface area contributed by atoms with Crippen LogP contribution in [-0.2, 0) is 11.3 Å². The minimum atomic E-state index is 0.130. The van der Waals surface area contributed by atoms with Crippen molar-refractivity contribution in [2.75, 3.05) is 6.61 Å². The molecule has 0 saturated heterocycles. The van der Waals surface area contributed by atoms with Crippen molar-refractivity contribution in [1.82, 2.24) is 0 Å². The Balaban J connectivity index is 2.06. The molecule has 0 aromatic carbocycles. The predicted octanol–water partition coefficient (Wildman–Crippen LogP) is 2.16. The zero-order valence-corrected chi connectivity index (χ0v) is 8.27. The summed E-state index contributed by atoms with van der Waals surface area (Å²) >= 11 is 1.82. The van der Waals surface area contributed by atoms with Gasteiger partial charge in [-0.05, 0) is 35.3 Å². The average molecular weight is 195 g/mol. The lowest BCUT2D eigenvalue weighted by Crippen LogP contribution is -2.23. The van der Waals surface area contributed by atoms with E-state index in [1.165, 1.54) is 28.8 Å². The third-order valence-corrected chi connectivity index (χ3v) is 3.85. The number of hydrogen-bond donors (Lipinski definition) is 1. The number of fused-ring (bicyclic) bond motifs is 1. The average Bonchev–Trinajstić information content (AvgIpc) is 2.87. The van der Waals surface area contributed by atoms with Crippen molar-refractivity contribution in [3.05, 3.63) is 21.4 Å². The molecule has 0 amide bonds. The van der Waals surface area contributed by atoms with Crippen LogP contribution in [-0.4, -0.2) is 6.61 Å². The van der Waals surface area contributed by atoms with Crippen molar-refractivity contribution >= 4 is 11.3 Å². The van der Waals surface area contributed by atoms with Crippen LogP contribution in [0.4, 0.5) is 0 Å². The molecule has 1 atom stereocenters. The molecule has 70 valence electrons. The van der Waals surface area contributed by atoms with Crippen LogP contribution in [0, 0.1) is 0 Å².